The number of halogens is 6. The molecule has 2 N–H and O–H groups in total. The molecule has 0 unspecified atom stereocenters. The van der Waals surface area contributed by atoms with Gasteiger partial charge in [-0.05, 0) is 23.8 Å². The van der Waals surface area contributed by atoms with Gasteiger partial charge in [-0.3, -0.25) is 0 Å². The highest BCUT2D eigenvalue weighted by atomic mass is 79.9. The van der Waals surface area contributed by atoms with Crippen LogP contribution in [-0.4, -0.2) is 6.18 Å². The summed E-state index contributed by atoms with van der Waals surface area (Å²) in [5.74, 6) is -0.614. The van der Waals surface area contributed by atoms with Gasteiger partial charge in [0.1, 0.15) is 5.82 Å². The summed E-state index contributed by atoms with van der Waals surface area (Å²) in [7, 11) is 0. The average Bonchev–Trinajstić information content (AvgIpc) is 1.98. The highest BCUT2D eigenvalue weighted by molar-refractivity contribution is 9.10. The highest BCUT2D eigenvalue weighted by Crippen LogP contribution is 2.29. The van der Waals surface area contributed by atoms with Gasteiger partial charge in [0.25, 0.3) is 0 Å². The number of hydrogen-bond donors (Lipinski definition) is 1. The Morgan fingerprint density at radius 3 is 2.25 bits per heavy atom. The summed E-state index contributed by atoms with van der Waals surface area (Å²) >= 11 is 2.98. The third kappa shape index (κ3) is 5.14. The molecule has 1 aromatic carbocycles. The summed E-state index contributed by atoms with van der Waals surface area (Å²) in [4.78, 5) is 0. The molecule has 1 aromatic rings. The molecule has 0 amide bonds. The highest BCUT2D eigenvalue weighted by Gasteiger charge is 2.31. The van der Waals surface area contributed by atoms with E-state index in [0.717, 1.165) is 12.1 Å². The minimum atomic E-state index is -4.35. The lowest BCUT2D eigenvalue weighted by Crippen LogP contribution is -2.20. The number of alkyl halides is 3. The van der Waals surface area contributed by atoms with Crippen molar-refractivity contribution in [3.8, 4) is 0 Å². The summed E-state index contributed by atoms with van der Waals surface area (Å²) < 4.78 is 49.2. The van der Waals surface area contributed by atoms with Gasteiger partial charge in [0.15, 0.2) is 0 Å². The van der Waals surface area contributed by atoms with Crippen LogP contribution >= 0.6 is 28.3 Å². The molecule has 0 saturated heterocycles. The van der Waals surface area contributed by atoms with E-state index in [4.69, 9.17) is 5.73 Å². The van der Waals surface area contributed by atoms with Crippen molar-refractivity contribution in [2.75, 3.05) is 0 Å². The predicted octanol–water partition coefficient (Wildman–Crippen LogP) is 3.96. The van der Waals surface area contributed by atoms with Crippen molar-refractivity contribution in [2.24, 2.45) is 5.73 Å². The van der Waals surface area contributed by atoms with Crippen molar-refractivity contribution in [1.82, 2.24) is 0 Å². The first kappa shape index (κ1) is 15.7. The number of hydrogen-bond acceptors (Lipinski definition) is 1. The van der Waals surface area contributed by atoms with Crippen molar-refractivity contribution in [2.45, 2.75) is 18.6 Å². The molecule has 0 bridgehead atoms. The number of benzene rings is 1. The molecule has 1 nitrogen and oxygen atoms in total. The smallest absolute Gasteiger partial charge is 0.324 e. The first-order valence-electron chi connectivity index (χ1n) is 4.06. The Morgan fingerprint density at radius 2 is 1.81 bits per heavy atom. The molecule has 7 heteroatoms. The largest absolute Gasteiger partial charge is 0.390 e. The van der Waals surface area contributed by atoms with E-state index in [1.807, 2.05) is 0 Å². The SMILES string of the molecule is Cl.N[C@H](CC(F)(F)F)c1cc(F)cc(Br)c1. The molecular weight excluding hydrogens is 313 g/mol. The Bertz CT molecular complexity index is 336. The van der Waals surface area contributed by atoms with Crippen LogP contribution < -0.4 is 5.73 Å². The van der Waals surface area contributed by atoms with Crippen LogP contribution in [0.2, 0.25) is 0 Å². The second-order valence-electron chi connectivity index (χ2n) is 3.13. The molecule has 0 aromatic heterocycles. The van der Waals surface area contributed by atoms with Crippen molar-refractivity contribution in [3.05, 3.63) is 34.1 Å². The van der Waals surface area contributed by atoms with Crippen molar-refractivity contribution < 1.29 is 17.6 Å². The maximum absolute atomic E-state index is 12.9. The van der Waals surface area contributed by atoms with E-state index in [1.165, 1.54) is 6.07 Å². The van der Waals surface area contributed by atoms with Crippen molar-refractivity contribution >= 4 is 28.3 Å². The van der Waals surface area contributed by atoms with Crippen LogP contribution in [0.3, 0.4) is 0 Å². The maximum Gasteiger partial charge on any atom is 0.390 e. The number of nitrogens with two attached hydrogens (primary N) is 1. The van der Waals surface area contributed by atoms with Crippen LogP contribution in [0, 0.1) is 5.82 Å². The van der Waals surface area contributed by atoms with E-state index in [0.29, 0.717) is 4.47 Å². The fraction of sp³-hybridized carbons (Fsp3) is 0.333. The van der Waals surface area contributed by atoms with Gasteiger partial charge in [-0.2, -0.15) is 13.2 Å². The average molecular weight is 323 g/mol. The molecule has 92 valence electrons. The summed E-state index contributed by atoms with van der Waals surface area (Å²) in [5.41, 5.74) is 5.44. The van der Waals surface area contributed by atoms with Crippen LogP contribution in [0.4, 0.5) is 17.6 Å². The molecule has 1 atom stereocenters. The van der Waals surface area contributed by atoms with Gasteiger partial charge in [0.05, 0.1) is 6.42 Å². The molecule has 1 rings (SSSR count). The lowest BCUT2D eigenvalue weighted by atomic mass is 10.0. The van der Waals surface area contributed by atoms with E-state index < -0.39 is 24.5 Å². The topological polar surface area (TPSA) is 26.0 Å². The van der Waals surface area contributed by atoms with Crippen LogP contribution in [-0.2, 0) is 0 Å². The van der Waals surface area contributed by atoms with Gasteiger partial charge in [-0.25, -0.2) is 4.39 Å². The summed E-state index contributed by atoms with van der Waals surface area (Å²) in [6, 6.07) is 2.29. The van der Waals surface area contributed by atoms with E-state index in [-0.39, 0.29) is 18.0 Å². The van der Waals surface area contributed by atoms with Gasteiger partial charge in [-0.15, -0.1) is 12.4 Å². The zero-order valence-corrected chi connectivity index (χ0v) is 10.3. The Hall–Kier alpha value is -0.330. The van der Waals surface area contributed by atoms with Gasteiger partial charge in [-0.1, -0.05) is 15.9 Å². The molecule has 0 fully saturated rings. The van der Waals surface area contributed by atoms with E-state index in [1.54, 1.807) is 0 Å². The van der Waals surface area contributed by atoms with Crippen LogP contribution in [0.5, 0.6) is 0 Å². The Labute approximate surface area is 105 Å². The van der Waals surface area contributed by atoms with E-state index in [9.17, 15) is 17.6 Å². The lowest BCUT2D eigenvalue weighted by Gasteiger charge is -2.14. The molecule has 0 aliphatic rings. The third-order valence-corrected chi connectivity index (χ3v) is 2.22. The first-order valence-corrected chi connectivity index (χ1v) is 4.85. The van der Waals surface area contributed by atoms with Gasteiger partial charge < -0.3 is 5.73 Å². The minimum absolute atomic E-state index is 0. The first-order chi connectivity index (χ1) is 6.78. The van der Waals surface area contributed by atoms with Crippen LogP contribution in [0.1, 0.15) is 18.0 Å². The van der Waals surface area contributed by atoms with Gasteiger partial charge in [0, 0.05) is 10.5 Å². The zero-order chi connectivity index (χ0) is 11.6. The fourth-order valence-corrected chi connectivity index (χ4v) is 1.64. The Kier molecular flexibility index (Phi) is 5.72. The van der Waals surface area contributed by atoms with Gasteiger partial charge >= 0.3 is 6.18 Å². The molecule has 0 aliphatic carbocycles. The Morgan fingerprint density at radius 1 is 1.25 bits per heavy atom. The Balaban J connectivity index is 0.00000225. The molecule has 0 aliphatic heterocycles. The van der Waals surface area contributed by atoms with Crippen molar-refractivity contribution in [3.63, 3.8) is 0 Å². The van der Waals surface area contributed by atoms with Crippen LogP contribution in [0.25, 0.3) is 0 Å². The molecule has 0 radical (unpaired) electrons. The molecule has 0 heterocycles. The lowest BCUT2D eigenvalue weighted by molar-refractivity contribution is -0.138. The normalized spacial score (nSPS) is 13.1. The van der Waals surface area contributed by atoms with E-state index >= 15 is 0 Å². The van der Waals surface area contributed by atoms with Gasteiger partial charge in [0.2, 0.25) is 0 Å². The maximum atomic E-state index is 12.9. The minimum Gasteiger partial charge on any atom is -0.324 e. The van der Waals surface area contributed by atoms with Crippen molar-refractivity contribution in [1.29, 1.82) is 0 Å². The van der Waals surface area contributed by atoms with E-state index in [2.05, 4.69) is 15.9 Å². The zero-order valence-electron chi connectivity index (χ0n) is 7.89. The number of rotatable bonds is 2. The van der Waals surface area contributed by atoms with Crippen LogP contribution in [0.15, 0.2) is 22.7 Å². The predicted molar refractivity (Wildman–Crippen MR) is 58.9 cm³/mol. The monoisotopic (exact) mass is 321 g/mol. The quantitative estimate of drug-likeness (QED) is 0.819. The second-order valence-corrected chi connectivity index (χ2v) is 4.04. The summed E-state index contributed by atoms with van der Waals surface area (Å²) in [6.45, 7) is 0. The summed E-state index contributed by atoms with van der Waals surface area (Å²) in [5, 5.41) is 0. The molecule has 0 spiro atoms. The molecule has 16 heavy (non-hydrogen) atoms. The third-order valence-electron chi connectivity index (χ3n) is 1.76. The molecular formula is C9H9BrClF4N. The second kappa shape index (κ2) is 5.84. The summed E-state index contributed by atoms with van der Waals surface area (Å²) in [6.07, 6.45) is -5.51. The molecule has 0 saturated carbocycles. The standard InChI is InChI=1S/C9H8BrF4N.ClH/c10-6-1-5(2-7(11)3-6)8(15)4-9(12,13)14;/h1-3,8H,4,15H2;1H/t8-;/m1./s1. The fourth-order valence-electron chi connectivity index (χ4n) is 1.16.